The summed E-state index contributed by atoms with van der Waals surface area (Å²) in [5.41, 5.74) is 0.884. The van der Waals surface area contributed by atoms with Gasteiger partial charge in [-0.15, -0.1) is 0 Å². The van der Waals surface area contributed by atoms with Crippen molar-refractivity contribution in [2.75, 3.05) is 6.61 Å². The number of hydrogen-bond donors (Lipinski definition) is 1. The minimum atomic E-state index is -0.396. The lowest BCUT2D eigenvalue weighted by atomic mass is 9.94. The van der Waals surface area contributed by atoms with Gasteiger partial charge >= 0.3 is 0 Å². The van der Waals surface area contributed by atoms with Gasteiger partial charge in [0.2, 0.25) is 0 Å². The first-order valence-corrected chi connectivity index (χ1v) is 6.46. The number of nitrogens with zero attached hydrogens (tertiary/aromatic N) is 1. The second-order valence-corrected chi connectivity index (χ2v) is 5.01. The van der Waals surface area contributed by atoms with E-state index in [9.17, 15) is 5.11 Å². The summed E-state index contributed by atoms with van der Waals surface area (Å²) in [6, 6.07) is 1.91. The van der Waals surface area contributed by atoms with Gasteiger partial charge in [-0.2, -0.15) is 0 Å². The molecule has 2 rings (SSSR count). The fraction of sp³-hybridized carbons (Fsp3) is 0.643. The summed E-state index contributed by atoms with van der Waals surface area (Å²) >= 11 is 0. The second kappa shape index (κ2) is 5.50. The van der Waals surface area contributed by atoms with Crippen LogP contribution >= 0.6 is 0 Å². The quantitative estimate of drug-likeness (QED) is 0.872. The Balaban J connectivity index is 2.07. The van der Waals surface area contributed by atoms with Crippen LogP contribution in [-0.4, -0.2) is 16.7 Å². The van der Waals surface area contributed by atoms with E-state index in [1.807, 2.05) is 13.0 Å². The van der Waals surface area contributed by atoms with Crippen LogP contribution in [-0.2, 0) is 0 Å². The number of aliphatic hydroxyl groups excluding tert-OH is 1. The summed E-state index contributed by atoms with van der Waals surface area (Å²) < 4.78 is 5.41. The number of aliphatic hydroxyl groups is 1. The van der Waals surface area contributed by atoms with E-state index >= 15 is 0 Å². The van der Waals surface area contributed by atoms with Crippen LogP contribution in [0.4, 0.5) is 0 Å². The van der Waals surface area contributed by atoms with Crippen molar-refractivity contribution in [1.82, 2.24) is 4.98 Å². The van der Waals surface area contributed by atoms with E-state index in [1.54, 1.807) is 12.4 Å². The summed E-state index contributed by atoms with van der Waals surface area (Å²) in [6.07, 6.45) is 6.49. The molecule has 0 aromatic carbocycles. The number of rotatable bonds is 4. The molecular formula is C14H21NO2. The third kappa shape index (κ3) is 2.97. The molecule has 17 heavy (non-hydrogen) atoms. The lowest BCUT2D eigenvalue weighted by molar-refractivity contribution is 0.109. The minimum absolute atomic E-state index is 0.378. The van der Waals surface area contributed by atoms with Gasteiger partial charge < -0.3 is 9.84 Å². The third-order valence-electron chi connectivity index (χ3n) is 3.57. The van der Waals surface area contributed by atoms with Crippen molar-refractivity contribution in [3.8, 4) is 5.75 Å². The van der Waals surface area contributed by atoms with Crippen LogP contribution in [0.5, 0.6) is 5.75 Å². The summed E-state index contributed by atoms with van der Waals surface area (Å²) in [6.45, 7) is 4.82. The van der Waals surface area contributed by atoms with Crippen LogP contribution in [0.15, 0.2) is 18.5 Å². The molecule has 0 amide bonds. The first kappa shape index (κ1) is 12.4. The molecule has 3 nitrogen and oxygen atoms in total. The van der Waals surface area contributed by atoms with Crippen LogP contribution in [0.3, 0.4) is 0 Å². The molecule has 1 aromatic rings. The molecule has 0 spiro atoms. The molecule has 3 unspecified atom stereocenters. The molecule has 1 fully saturated rings. The van der Waals surface area contributed by atoms with Crippen molar-refractivity contribution in [2.45, 2.75) is 39.2 Å². The Bertz CT molecular complexity index is 367. The van der Waals surface area contributed by atoms with Crippen LogP contribution in [0, 0.1) is 11.8 Å². The third-order valence-corrected chi connectivity index (χ3v) is 3.57. The van der Waals surface area contributed by atoms with Gasteiger partial charge in [-0.05, 0) is 37.7 Å². The van der Waals surface area contributed by atoms with Crippen LogP contribution in [0.2, 0.25) is 0 Å². The van der Waals surface area contributed by atoms with E-state index in [1.165, 1.54) is 6.42 Å². The summed E-state index contributed by atoms with van der Waals surface area (Å²) in [7, 11) is 0. The summed E-state index contributed by atoms with van der Waals surface area (Å²) in [5.74, 6) is 1.86. The van der Waals surface area contributed by atoms with Crippen molar-refractivity contribution in [1.29, 1.82) is 0 Å². The summed E-state index contributed by atoms with van der Waals surface area (Å²) in [5, 5.41) is 10.3. The Labute approximate surface area is 103 Å². The maximum absolute atomic E-state index is 10.3. The van der Waals surface area contributed by atoms with Crippen molar-refractivity contribution in [3.05, 3.63) is 24.0 Å². The normalized spacial score (nSPS) is 25.8. The standard InChI is InChI=1S/C14H21NO2/c1-3-17-13-7-12(8-15-9-13)14(16)11-5-4-10(2)6-11/h7-11,14,16H,3-6H2,1-2H3. The molecule has 3 atom stereocenters. The highest BCUT2D eigenvalue weighted by Crippen LogP contribution is 2.39. The molecule has 1 aliphatic rings. The first-order valence-electron chi connectivity index (χ1n) is 6.46. The molecule has 1 saturated carbocycles. The number of aromatic nitrogens is 1. The maximum Gasteiger partial charge on any atom is 0.137 e. The van der Waals surface area contributed by atoms with Gasteiger partial charge in [-0.25, -0.2) is 0 Å². The smallest absolute Gasteiger partial charge is 0.137 e. The second-order valence-electron chi connectivity index (χ2n) is 5.01. The maximum atomic E-state index is 10.3. The molecule has 1 aliphatic carbocycles. The summed E-state index contributed by atoms with van der Waals surface area (Å²) in [4.78, 5) is 4.13. The van der Waals surface area contributed by atoms with Gasteiger partial charge in [0.1, 0.15) is 5.75 Å². The molecule has 1 aromatic heterocycles. The molecule has 0 aliphatic heterocycles. The van der Waals surface area contributed by atoms with Crippen LogP contribution in [0.25, 0.3) is 0 Å². The lowest BCUT2D eigenvalue weighted by Gasteiger charge is -2.18. The van der Waals surface area contributed by atoms with Gasteiger partial charge in [-0.3, -0.25) is 4.98 Å². The SMILES string of the molecule is CCOc1cncc(C(O)C2CCC(C)C2)c1. The number of hydrogen-bond acceptors (Lipinski definition) is 3. The van der Waals surface area contributed by atoms with Crippen LogP contribution < -0.4 is 4.74 Å². The van der Waals surface area contributed by atoms with Gasteiger partial charge in [0, 0.05) is 11.8 Å². The molecule has 1 heterocycles. The number of pyridine rings is 1. The van der Waals surface area contributed by atoms with Gasteiger partial charge in [0.15, 0.2) is 0 Å². The highest BCUT2D eigenvalue weighted by molar-refractivity contribution is 5.25. The van der Waals surface area contributed by atoms with E-state index in [-0.39, 0.29) is 0 Å². The van der Waals surface area contributed by atoms with Crippen molar-refractivity contribution in [3.63, 3.8) is 0 Å². The van der Waals surface area contributed by atoms with E-state index < -0.39 is 6.10 Å². The Morgan fingerprint density at radius 2 is 2.29 bits per heavy atom. The Kier molecular flexibility index (Phi) is 4.00. The number of ether oxygens (including phenoxy) is 1. The fourth-order valence-corrected chi connectivity index (χ4v) is 2.65. The zero-order valence-electron chi connectivity index (χ0n) is 10.6. The molecule has 3 heteroatoms. The highest BCUT2D eigenvalue weighted by Gasteiger charge is 2.28. The fourth-order valence-electron chi connectivity index (χ4n) is 2.65. The molecule has 94 valence electrons. The Morgan fingerprint density at radius 3 is 2.94 bits per heavy atom. The van der Waals surface area contributed by atoms with E-state index in [0.717, 1.165) is 30.1 Å². The first-order chi connectivity index (χ1) is 8.20. The minimum Gasteiger partial charge on any atom is -0.492 e. The predicted molar refractivity (Wildman–Crippen MR) is 66.9 cm³/mol. The average molecular weight is 235 g/mol. The topological polar surface area (TPSA) is 42.4 Å². The van der Waals surface area contributed by atoms with Gasteiger partial charge in [-0.1, -0.05) is 13.3 Å². The molecule has 1 N–H and O–H groups in total. The zero-order chi connectivity index (χ0) is 12.3. The Hall–Kier alpha value is -1.09. The predicted octanol–water partition coefficient (Wildman–Crippen LogP) is 2.95. The van der Waals surface area contributed by atoms with Gasteiger partial charge in [0.05, 0.1) is 18.9 Å². The van der Waals surface area contributed by atoms with Crippen molar-refractivity contribution < 1.29 is 9.84 Å². The zero-order valence-corrected chi connectivity index (χ0v) is 10.6. The highest BCUT2D eigenvalue weighted by atomic mass is 16.5. The van der Waals surface area contributed by atoms with Crippen molar-refractivity contribution >= 4 is 0 Å². The Morgan fingerprint density at radius 1 is 1.47 bits per heavy atom. The van der Waals surface area contributed by atoms with Crippen molar-refractivity contribution in [2.24, 2.45) is 11.8 Å². The van der Waals surface area contributed by atoms with E-state index in [0.29, 0.717) is 12.5 Å². The largest absolute Gasteiger partial charge is 0.492 e. The average Bonchev–Trinajstić information content (AvgIpc) is 2.76. The van der Waals surface area contributed by atoms with Gasteiger partial charge in [0.25, 0.3) is 0 Å². The monoisotopic (exact) mass is 235 g/mol. The van der Waals surface area contributed by atoms with E-state index in [2.05, 4.69) is 11.9 Å². The molecular weight excluding hydrogens is 214 g/mol. The van der Waals surface area contributed by atoms with Crippen LogP contribution in [0.1, 0.15) is 44.8 Å². The molecule has 0 saturated heterocycles. The van der Waals surface area contributed by atoms with E-state index in [4.69, 9.17) is 4.74 Å². The lowest BCUT2D eigenvalue weighted by Crippen LogP contribution is -2.10. The molecule has 0 bridgehead atoms. The molecule has 0 radical (unpaired) electrons.